The summed E-state index contributed by atoms with van der Waals surface area (Å²) in [5, 5.41) is 3.45. The summed E-state index contributed by atoms with van der Waals surface area (Å²) >= 11 is 0. The molecule has 2 N–H and O–H groups in total. The van der Waals surface area contributed by atoms with Crippen LogP contribution in [0.3, 0.4) is 0 Å². The summed E-state index contributed by atoms with van der Waals surface area (Å²) < 4.78 is 1.59. The molecular formula is C18H21N5O3. The van der Waals surface area contributed by atoms with Crippen molar-refractivity contribution in [3.63, 3.8) is 0 Å². The number of amides is 4. The molecule has 2 heterocycles. The van der Waals surface area contributed by atoms with E-state index in [4.69, 9.17) is 0 Å². The van der Waals surface area contributed by atoms with Crippen LogP contribution in [0.4, 0.5) is 4.79 Å². The van der Waals surface area contributed by atoms with E-state index in [-0.39, 0.29) is 0 Å². The van der Waals surface area contributed by atoms with Gasteiger partial charge in [0.05, 0.1) is 6.33 Å². The molecular weight excluding hydrogens is 334 g/mol. The van der Waals surface area contributed by atoms with Gasteiger partial charge in [-0.3, -0.25) is 15.0 Å². The van der Waals surface area contributed by atoms with Crippen LogP contribution in [0.5, 0.6) is 0 Å². The summed E-state index contributed by atoms with van der Waals surface area (Å²) in [6, 6.07) is 8.49. The predicted octanol–water partition coefficient (Wildman–Crippen LogP) is 1.42. The maximum absolute atomic E-state index is 12.7. The molecule has 0 radical (unpaired) electrons. The van der Waals surface area contributed by atoms with Crippen molar-refractivity contribution in [3.05, 3.63) is 54.6 Å². The Morgan fingerprint density at radius 2 is 2.04 bits per heavy atom. The zero-order valence-electron chi connectivity index (χ0n) is 14.7. The summed E-state index contributed by atoms with van der Waals surface area (Å²) in [6.45, 7) is 3.33. The van der Waals surface area contributed by atoms with Crippen LogP contribution in [0, 0.1) is 0 Å². The predicted molar refractivity (Wildman–Crippen MR) is 93.6 cm³/mol. The normalized spacial score (nSPS) is 20.8. The number of aromatic nitrogens is 2. The van der Waals surface area contributed by atoms with Crippen LogP contribution in [-0.2, 0) is 16.0 Å². The Morgan fingerprint density at radius 1 is 1.31 bits per heavy atom. The fourth-order valence-electron chi connectivity index (χ4n) is 2.83. The lowest BCUT2D eigenvalue weighted by atomic mass is 9.93. The quantitative estimate of drug-likeness (QED) is 0.766. The van der Waals surface area contributed by atoms with E-state index in [1.165, 1.54) is 6.33 Å². The van der Waals surface area contributed by atoms with Gasteiger partial charge in [-0.1, -0.05) is 30.3 Å². The number of imidazole rings is 1. The molecule has 1 aliphatic rings. The molecule has 0 saturated carbocycles. The van der Waals surface area contributed by atoms with Gasteiger partial charge in [0.15, 0.2) is 0 Å². The van der Waals surface area contributed by atoms with E-state index < -0.39 is 29.4 Å². The topological polar surface area (TPSA) is 96.3 Å². The van der Waals surface area contributed by atoms with Crippen LogP contribution < -0.4 is 10.7 Å². The maximum atomic E-state index is 12.7. The molecule has 1 saturated heterocycles. The molecule has 8 nitrogen and oxygen atoms in total. The fourth-order valence-corrected chi connectivity index (χ4v) is 2.83. The van der Waals surface area contributed by atoms with Crippen LogP contribution >= 0.6 is 0 Å². The minimum atomic E-state index is -1.06. The smallest absolute Gasteiger partial charge is 0.325 e. The lowest BCUT2D eigenvalue weighted by molar-refractivity contribution is -0.140. The highest BCUT2D eigenvalue weighted by atomic mass is 16.2. The summed E-state index contributed by atoms with van der Waals surface area (Å²) in [5.41, 5.74) is 2.42. The molecule has 2 aromatic rings. The molecule has 0 spiro atoms. The standard InChI is InChI=1S/C18H21N5O3/c1-13(22-11-10-19-12-22)15(24)21-23-16(25)18(2,20-17(23)26)9-8-14-6-4-3-5-7-14/h3-7,10-13H,8-9H2,1-2H3,(H,20,26)(H,21,24)/t13-,18-/m0/s1. The Balaban J connectivity index is 1.65. The second kappa shape index (κ2) is 6.99. The highest BCUT2D eigenvalue weighted by Crippen LogP contribution is 2.22. The number of nitrogens with zero attached hydrogens (tertiary/aromatic N) is 3. The van der Waals surface area contributed by atoms with Crippen LogP contribution in [0.2, 0.25) is 0 Å². The molecule has 1 aliphatic heterocycles. The Morgan fingerprint density at radius 3 is 2.69 bits per heavy atom. The van der Waals surface area contributed by atoms with Gasteiger partial charge in [-0.15, -0.1) is 0 Å². The van der Waals surface area contributed by atoms with Crippen molar-refractivity contribution < 1.29 is 14.4 Å². The van der Waals surface area contributed by atoms with E-state index in [1.807, 2.05) is 30.3 Å². The summed E-state index contributed by atoms with van der Waals surface area (Å²) in [5.74, 6) is -0.941. The van der Waals surface area contributed by atoms with Crippen LogP contribution in [-0.4, -0.2) is 37.9 Å². The third-order valence-corrected chi connectivity index (χ3v) is 4.59. The van der Waals surface area contributed by atoms with Gasteiger partial charge in [-0.25, -0.2) is 9.78 Å². The molecule has 1 fully saturated rings. The van der Waals surface area contributed by atoms with E-state index in [2.05, 4.69) is 15.7 Å². The molecule has 1 aromatic carbocycles. The van der Waals surface area contributed by atoms with Crippen molar-refractivity contribution in [1.82, 2.24) is 25.3 Å². The number of aryl methyl sites for hydroxylation is 1. The number of benzene rings is 1. The van der Waals surface area contributed by atoms with Gasteiger partial charge < -0.3 is 9.88 Å². The average molecular weight is 355 g/mol. The van der Waals surface area contributed by atoms with Gasteiger partial charge in [0.25, 0.3) is 11.8 Å². The van der Waals surface area contributed by atoms with Crippen molar-refractivity contribution in [2.75, 3.05) is 0 Å². The number of rotatable bonds is 6. The number of hydrogen-bond donors (Lipinski definition) is 2. The Bertz CT molecular complexity index is 805. The molecule has 26 heavy (non-hydrogen) atoms. The van der Waals surface area contributed by atoms with Crippen molar-refractivity contribution in [1.29, 1.82) is 0 Å². The molecule has 1 aromatic heterocycles. The highest BCUT2D eigenvalue weighted by Gasteiger charge is 2.48. The first kappa shape index (κ1) is 17.7. The third-order valence-electron chi connectivity index (χ3n) is 4.59. The average Bonchev–Trinajstić information content (AvgIpc) is 3.24. The summed E-state index contributed by atoms with van der Waals surface area (Å²) in [6.07, 6.45) is 5.76. The number of nitrogens with one attached hydrogen (secondary N) is 2. The van der Waals surface area contributed by atoms with Gasteiger partial charge >= 0.3 is 6.03 Å². The third kappa shape index (κ3) is 3.44. The molecule has 0 unspecified atom stereocenters. The first-order valence-corrected chi connectivity index (χ1v) is 8.39. The zero-order valence-corrected chi connectivity index (χ0v) is 14.7. The van der Waals surface area contributed by atoms with Crippen molar-refractivity contribution in [2.24, 2.45) is 0 Å². The van der Waals surface area contributed by atoms with Gasteiger partial charge in [0.1, 0.15) is 11.6 Å². The number of hydrogen-bond acceptors (Lipinski definition) is 4. The summed E-state index contributed by atoms with van der Waals surface area (Å²) in [4.78, 5) is 41.2. The number of imide groups is 1. The van der Waals surface area contributed by atoms with Gasteiger partial charge in [0, 0.05) is 12.4 Å². The van der Waals surface area contributed by atoms with E-state index in [9.17, 15) is 14.4 Å². The van der Waals surface area contributed by atoms with E-state index in [0.29, 0.717) is 12.8 Å². The van der Waals surface area contributed by atoms with Gasteiger partial charge in [-0.05, 0) is 32.3 Å². The molecule has 3 rings (SSSR count). The van der Waals surface area contributed by atoms with Crippen molar-refractivity contribution in [3.8, 4) is 0 Å². The minimum absolute atomic E-state index is 0.436. The van der Waals surface area contributed by atoms with Crippen LogP contribution in [0.1, 0.15) is 31.9 Å². The molecule has 4 amide bonds. The molecule has 2 atom stereocenters. The Kier molecular flexibility index (Phi) is 4.75. The first-order valence-electron chi connectivity index (χ1n) is 8.39. The van der Waals surface area contributed by atoms with Crippen molar-refractivity contribution >= 4 is 17.8 Å². The lowest BCUT2D eigenvalue weighted by Crippen LogP contribution is -2.50. The van der Waals surface area contributed by atoms with Gasteiger partial charge in [-0.2, -0.15) is 5.01 Å². The van der Waals surface area contributed by atoms with Gasteiger partial charge in [0.2, 0.25) is 0 Å². The summed E-state index contributed by atoms with van der Waals surface area (Å²) in [7, 11) is 0. The largest absolute Gasteiger partial charge is 0.344 e. The first-order chi connectivity index (χ1) is 12.4. The fraction of sp³-hybridized carbons (Fsp3) is 0.333. The lowest BCUT2D eigenvalue weighted by Gasteiger charge is -2.22. The van der Waals surface area contributed by atoms with E-state index in [0.717, 1.165) is 10.6 Å². The second-order valence-corrected chi connectivity index (χ2v) is 6.55. The Labute approximate surface area is 151 Å². The molecule has 0 aliphatic carbocycles. The molecule has 8 heteroatoms. The van der Waals surface area contributed by atoms with Crippen LogP contribution in [0.25, 0.3) is 0 Å². The number of urea groups is 1. The SMILES string of the molecule is C[C@@H](C(=O)NN1C(=O)N[C@@](C)(CCc2ccccc2)C1=O)n1ccnc1. The number of carbonyl (C=O) groups excluding carboxylic acids is 3. The molecule has 136 valence electrons. The van der Waals surface area contributed by atoms with E-state index in [1.54, 1.807) is 30.8 Å². The van der Waals surface area contributed by atoms with Crippen molar-refractivity contribution in [2.45, 2.75) is 38.3 Å². The zero-order chi connectivity index (χ0) is 18.7. The van der Waals surface area contributed by atoms with E-state index >= 15 is 0 Å². The second-order valence-electron chi connectivity index (χ2n) is 6.55. The maximum Gasteiger partial charge on any atom is 0.344 e. The number of hydrazine groups is 1. The Hall–Kier alpha value is -3.16. The van der Waals surface area contributed by atoms with Crippen LogP contribution in [0.15, 0.2) is 49.1 Å². The highest BCUT2D eigenvalue weighted by molar-refractivity contribution is 6.07. The molecule has 0 bridgehead atoms. The monoisotopic (exact) mass is 355 g/mol. The minimum Gasteiger partial charge on any atom is -0.325 e. The number of carbonyl (C=O) groups is 3.